The molecular weight excluding hydrogens is 287 g/mol. The lowest BCUT2D eigenvalue weighted by Gasteiger charge is -2.22. The number of likely N-dealkylation sites (tertiary alicyclic amines) is 1. The zero-order valence-electron chi connectivity index (χ0n) is 10.6. The maximum absolute atomic E-state index is 12.1. The van der Waals surface area contributed by atoms with E-state index >= 15 is 0 Å². The maximum Gasteiger partial charge on any atom is 0.241 e. The SMILES string of the molecule is CC(C(=O)Nc1ccc(Cl)c(Cl)c1)N1CC[C@@H](O)C1. The second kappa shape index (κ2) is 6.09. The summed E-state index contributed by atoms with van der Waals surface area (Å²) < 4.78 is 0. The van der Waals surface area contributed by atoms with Crippen LogP contribution in [0.4, 0.5) is 5.69 Å². The quantitative estimate of drug-likeness (QED) is 0.901. The number of amides is 1. The molecular formula is C13H16Cl2N2O2. The fourth-order valence-electron chi connectivity index (χ4n) is 2.11. The summed E-state index contributed by atoms with van der Waals surface area (Å²) in [6, 6.07) is 4.68. The number of benzene rings is 1. The number of nitrogens with zero attached hydrogens (tertiary/aromatic N) is 1. The van der Waals surface area contributed by atoms with Crippen molar-refractivity contribution in [1.82, 2.24) is 4.90 Å². The first-order valence-corrected chi connectivity index (χ1v) is 6.91. The lowest BCUT2D eigenvalue weighted by atomic mass is 10.2. The third-order valence-corrected chi connectivity index (χ3v) is 4.05. The zero-order valence-corrected chi connectivity index (χ0v) is 12.1. The van der Waals surface area contributed by atoms with Gasteiger partial charge in [0.15, 0.2) is 0 Å². The Morgan fingerprint density at radius 1 is 1.47 bits per heavy atom. The molecule has 0 radical (unpaired) electrons. The van der Waals surface area contributed by atoms with E-state index in [1.807, 2.05) is 11.8 Å². The van der Waals surface area contributed by atoms with Crippen LogP contribution in [0.3, 0.4) is 0 Å². The lowest BCUT2D eigenvalue weighted by molar-refractivity contribution is -0.120. The lowest BCUT2D eigenvalue weighted by Crippen LogP contribution is -2.41. The first-order chi connectivity index (χ1) is 8.97. The largest absolute Gasteiger partial charge is 0.392 e. The average molecular weight is 303 g/mol. The molecule has 1 saturated heterocycles. The second-order valence-corrected chi connectivity index (χ2v) is 5.55. The van der Waals surface area contributed by atoms with Crippen molar-refractivity contribution in [3.8, 4) is 0 Å². The van der Waals surface area contributed by atoms with Gasteiger partial charge in [0.25, 0.3) is 0 Å². The van der Waals surface area contributed by atoms with Crippen LogP contribution in [0.15, 0.2) is 18.2 Å². The number of carbonyl (C=O) groups excluding carboxylic acids is 1. The van der Waals surface area contributed by atoms with E-state index in [9.17, 15) is 9.90 Å². The molecule has 0 saturated carbocycles. The number of rotatable bonds is 3. The Kier molecular flexibility index (Phi) is 4.68. The topological polar surface area (TPSA) is 52.6 Å². The molecule has 0 bridgehead atoms. The fourth-order valence-corrected chi connectivity index (χ4v) is 2.40. The van der Waals surface area contributed by atoms with Gasteiger partial charge in [0.2, 0.25) is 5.91 Å². The van der Waals surface area contributed by atoms with Gasteiger partial charge in [0, 0.05) is 18.8 Å². The van der Waals surface area contributed by atoms with Crippen LogP contribution in [-0.4, -0.2) is 41.1 Å². The summed E-state index contributed by atoms with van der Waals surface area (Å²) in [6.07, 6.45) is 0.380. The van der Waals surface area contributed by atoms with Gasteiger partial charge in [0.1, 0.15) is 0 Å². The molecule has 1 aromatic rings. The van der Waals surface area contributed by atoms with Gasteiger partial charge in [-0.05, 0) is 31.5 Å². The van der Waals surface area contributed by atoms with Crippen LogP contribution in [0.5, 0.6) is 0 Å². The molecule has 1 amide bonds. The van der Waals surface area contributed by atoms with Gasteiger partial charge in [-0.3, -0.25) is 9.69 Å². The molecule has 4 nitrogen and oxygen atoms in total. The number of halogens is 2. The van der Waals surface area contributed by atoms with Gasteiger partial charge < -0.3 is 10.4 Å². The molecule has 1 heterocycles. The van der Waals surface area contributed by atoms with Crippen molar-refractivity contribution in [2.75, 3.05) is 18.4 Å². The van der Waals surface area contributed by atoms with Crippen LogP contribution in [-0.2, 0) is 4.79 Å². The minimum absolute atomic E-state index is 0.118. The van der Waals surface area contributed by atoms with E-state index < -0.39 is 0 Å². The summed E-state index contributed by atoms with van der Waals surface area (Å²) >= 11 is 11.7. The van der Waals surface area contributed by atoms with E-state index in [1.54, 1.807) is 18.2 Å². The van der Waals surface area contributed by atoms with E-state index in [4.69, 9.17) is 23.2 Å². The van der Waals surface area contributed by atoms with E-state index in [1.165, 1.54) is 0 Å². The van der Waals surface area contributed by atoms with Gasteiger partial charge in [-0.25, -0.2) is 0 Å². The summed E-state index contributed by atoms with van der Waals surface area (Å²) in [7, 11) is 0. The molecule has 6 heteroatoms. The smallest absolute Gasteiger partial charge is 0.241 e. The Morgan fingerprint density at radius 2 is 2.21 bits per heavy atom. The van der Waals surface area contributed by atoms with Crippen molar-refractivity contribution < 1.29 is 9.90 Å². The predicted molar refractivity (Wildman–Crippen MR) is 76.8 cm³/mol. The van der Waals surface area contributed by atoms with Crippen LogP contribution in [0.25, 0.3) is 0 Å². The van der Waals surface area contributed by atoms with Gasteiger partial charge in [-0.15, -0.1) is 0 Å². The fraction of sp³-hybridized carbons (Fsp3) is 0.462. The summed E-state index contributed by atoms with van der Waals surface area (Å²) in [5.74, 6) is -0.118. The highest BCUT2D eigenvalue weighted by molar-refractivity contribution is 6.42. The van der Waals surface area contributed by atoms with Crippen molar-refractivity contribution in [2.45, 2.75) is 25.5 Å². The van der Waals surface area contributed by atoms with Gasteiger partial charge >= 0.3 is 0 Å². The number of carbonyl (C=O) groups is 1. The monoisotopic (exact) mass is 302 g/mol. The van der Waals surface area contributed by atoms with Crippen molar-refractivity contribution >= 4 is 34.8 Å². The number of aliphatic hydroxyl groups excluding tert-OH is 1. The molecule has 0 aromatic heterocycles. The molecule has 2 N–H and O–H groups in total. The van der Waals surface area contributed by atoms with E-state index in [0.29, 0.717) is 28.7 Å². The van der Waals surface area contributed by atoms with Crippen LogP contribution in [0, 0.1) is 0 Å². The Balaban J connectivity index is 1.98. The van der Waals surface area contributed by atoms with E-state index in [-0.39, 0.29) is 18.1 Å². The third kappa shape index (κ3) is 3.60. The molecule has 1 aliphatic heterocycles. The summed E-state index contributed by atoms with van der Waals surface area (Å²) in [6.45, 7) is 3.10. The van der Waals surface area contributed by atoms with Gasteiger partial charge in [-0.2, -0.15) is 0 Å². The molecule has 2 atom stereocenters. The number of aliphatic hydroxyl groups is 1. The van der Waals surface area contributed by atoms with Crippen LogP contribution in [0.2, 0.25) is 10.0 Å². The number of nitrogens with one attached hydrogen (secondary N) is 1. The molecule has 2 rings (SSSR count). The van der Waals surface area contributed by atoms with Crippen LogP contribution in [0.1, 0.15) is 13.3 Å². The molecule has 1 aromatic carbocycles. The Bertz CT molecular complexity index is 482. The molecule has 1 fully saturated rings. The van der Waals surface area contributed by atoms with Crippen molar-refractivity contribution in [1.29, 1.82) is 0 Å². The number of β-amino-alcohol motifs (C(OH)–C–C–N with tert-alkyl or cyclic N) is 1. The summed E-state index contributed by atoms with van der Waals surface area (Å²) in [5.41, 5.74) is 0.617. The van der Waals surface area contributed by atoms with Crippen molar-refractivity contribution in [3.63, 3.8) is 0 Å². The summed E-state index contributed by atoms with van der Waals surface area (Å²) in [5, 5.41) is 13.1. The molecule has 0 aliphatic carbocycles. The molecule has 0 spiro atoms. The van der Waals surface area contributed by atoms with Gasteiger partial charge in [0.05, 0.1) is 22.2 Å². The predicted octanol–water partition coefficient (Wildman–Crippen LogP) is 2.39. The number of hydrogen-bond donors (Lipinski definition) is 2. The molecule has 1 unspecified atom stereocenters. The normalized spacial score (nSPS) is 21.4. The Labute approximate surface area is 122 Å². The number of anilines is 1. The van der Waals surface area contributed by atoms with Crippen molar-refractivity contribution in [3.05, 3.63) is 28.2 Å². The second-order valence-electron chi connectivity index (χ2n) is 4.73. The molecule has 1 aliphatic rings. The number of hydrogen-bond acceptors (Lipinski definition) is 3. The molecule has 104 valence electrons. The first-order valence-electron chi connectivity index (χ1n) is 6.15. The first kappa shape index (κ1) is 14.6. The standard InChI is InChI=1S/C13H16Cl2N2O2/c1-8(17-5-4-10(18)7-17)13(19)16-9-2-3-11(14)12(15)6-9/h2-3,6,8,10,18H,4-5,7H2,1H3,(H,16,19)/t8?,10-/m1/s1. The zero-order chi connectivity index (χ0) is 14.0. The maximum atomic E-state index is 12.1. The van der Waals surface area contributed by atoms with E-state index in [0.717, 1.165) is 6.54 Å². The highest BCUT2D eigenvalue weighted by Crippen LogP contribution is 2.25. The molecule has 19 heavy (non-hydrogen) atoms. The third-order valence-electron chi connectivity index (χ3n) is 3.31. The Morgan fingerprint density at radius 3 is 2.79 bits per heavy atom. The minimum atomic E-state index is -0.333. The Hall–Kier alpha value is -0.810. The minimum Gasteiger partial charge on any atom is -0.392 e. The highest BCUT2D eigenvalue weighted by Gasteiger charge is 2.28. The van der Waals surface area contributed by atoms with Crippen molar-refractivity contribution in [2.24, 2.45) is 0 Å². The van der Waals surface area contributed by atoms with Gasteiger partial charge in [-0.1, -0.05) is 23.2 Å². The average Bonchev–Trinajstić information content (AvgIpc) is 2.79. The van der Waals surface area contributed by atoms with Crippen LogP contribution >= 0.6 is 23.2 Å². The van der Waals surface area contributed by atoms with E-state index in [2.05, 4.69) is 5.32 Å². The highest BCUT2D eigenvalue weighted by atomic mass is 35.5. The van der Waals surface area contributed by atoms with Crippen LogP contribution < -0.4 is 5.32 Å². The summed E-state index contributed by atoms with van der Waals surface area (Å²) in [4.78, 5) is 14.0.